The van der Waals surface area contributed by atoms with Crippen LogP contribution in [0, 0.1) is 0 Å². The van der Waals surface area contributed by atoms with Crippen LogP contribution in [0.2, 0.25) is 0 Å². The fraction of sp³-hybridized carbons (Fsp3) is 1.00. The molecule has 90 valence electrons. The van der Waals surface area contributed by atoms with Crippen LogP contribution in [0.25, 0.3) is 0 Å². The SMILES string of the molecule is C1COCCOCOCOCOCCO1. The van der Waals surface area contributed by atoms with E-state index in [1.165, 1.54) is 0 Å². The molecule has 0 aromatic rings. The molecule has 1 aliphatic rings. The maximum atomic E-state index is 5.23. The zero-order chi connectivity index (χ0) is 10.6. The molecule has 0 saturated carbocycles. The lowest BCUT2D eigenvalue weighted by Crippen LogP contribution is -2.11. The van der Waals surface area contributed by atoms with Crippen LogP contribution in [0.3, 0.4) is 0 Å². The third kappa shape index (κ3) is 8.73. The molecule has 0 amide bonds. The van der Waals surface area contributed by atoms with Gasteiger partial charge in [-0.3, -0.25) is 0 Å². The summed E-state index contributed by atoms with van der Waals surface area (Å²) in [6, 6.07) is 0. The van der Waals surface area contributed by atoms with Crippen molar-refractivity contribution in [1.29, 1.82) is 0 Å². The molecule has 1 heterocycles. The highest BCUT2D eigenvalue weighted by Gasteiger charge is 1.94. The van der Waals surface area contributed by atoms with Crippen molar-refractivity contribution in [2.45, 2.75) is 0 Å². The Labute approximate surface area is 89.3 Å². The maximum absolute atomic E-state index is 5.23. The van der Waals surface area contributed by atoms with E-state index in [1.807, 2.05) is 0 Å². The first-order valence-corrected chi connectivity index (χ1v) is 4.96. The Bertz CT molecular complexity index is 73.2. The second kappa shape index (κ2) is 10.3. The third-order valence-electron chi connectivity index (χ3n) is 1.62. The molecular formula is C9H18O6. The highest BCUT2D eigenvalue weighted by atomic mass is 16.8. The predicted octanol–water partition coefficient (Wildman–Crippen LogP) is -0.0279. The molecule has 6 heteroatoms. The fourth-order valence-electron chi connectivity index (χ4n) is 0.920. The summed E-state index contributed by atoms with van der Waals surface area (Å²) in [5.41, 5.74) is 0. The van der Waals surface area contributed by atoms with E-state index in [0.717, 1.165) is 0 Å². The Morgan fingerprint density at radius 1 is 0.333 bits per heavy atom. The summed E-state index contributed by atoms with van der Waals surface area (Å²) < 4.78 is 30.7. The van der Waals surface area contributed by atoms with Crippen molar-refractivity contribution >= 4 is 0 Å². The molecule has 0 aromatic carbocycles. The smallest absolute Gasteiger partial charge is 0.152 e. The highest BCUT2D eigenvalue weighted by Crippen LogP contribution is 1.86. The Balaban J connectivity index is 2.01. The molecule has 6 nitrogen and oxygen atoms in total. The van der Waals surface area contributed by atoms with Gasteiger partial charge in [0.1, 0.15) is 13.6 Å². The molecule has 0 aromatic heterocycles. The zero-order valence-corrected chi connectivity index (χ0v) is 8.81. The first kappa shape index (κ1) is 12.8. The minimum absolute atomic E-state index is 0.168. The highest BCUT2D eigenvalue weighted by molar-refractivity contribution is 4.33. The van der Waals surface area contributed by atoms with Crippen LogP contribution in [0.15, 0.2) is 0 Å². The van der Waals surface area contributed by atoms with Crippen molar-refractivity contribution in [3.8, 4) is 0 Å². The van der Waals surface area contributed by atoms with Gasteiger partial charge in [-0.15, -0.1) is 0 Å². The van der Waals surface area contributed by atoms with Gasteiger partial charge in [0, 0.05) is 0 Å². The van der Waals surface area contributed by atoms with Gasteiger partial charge in [0.05, 0.1) is 39.6 Å². The van der Waals surface area contributed by atoms with E-state index in [9.17, 15) is 0 Å². The average molecular weight is 222 g/mol. The number of rotatable bonds is 0. The molecule has 0 spiro atoms. The van der Waals surface area contributed by atoms with Crippen molar-refractivity contribution in [2.75, 3.05) is 60.0 Å². The molecule has 15 heavy (non-hydrogen) atoms. The number of hydrogen-bond donors (Lipinski definition) is 0. The fourth-order valence-corrected chi connectivity index (χ4v) is 0.920. The first-order chi connectivity index (χ1) is 7.50. The van der Waals surface area contributed by atoms with Gasteiger partial charge in [0.15, 0.2) is 6.79 Å². The average Bonchev–Trinajstić information content (AvgIpc) is 2.27. The minimum atomic E-state index is 0.168. The van der Waals surface area contributed by atoms with Crippen LogP contribution in [0.1, 0.15) is 0 Å². The van der Waals surface area contributed by atoms with Crippen LogP contribution in [0.5, 0.6) is 0 Å². The summed E-state index contributed by atoms with van der Waals surface area (Å²) in [6.45, 7) is 3.84. The second-order valence-corrected chi connectivity index (χ2v) is 2.80. The standard InChI is InChI=1S/C9H18O6/c1-2-11-4-6-13-8-15-9-14-7-12-5-3-10-1/h1-9H2. The van der Waals surface area contributed by atoms with E-state index >= 15 is 0 Å². The van der Waals surface area contributed by atoms with Crippen molar-refractivity contribution in [3.63, 3.8) is 0 Å². The van der Waals surface area contributed by atoms with Crippen LogP contribution in [-0.2, 0) is 28.4 Å². The molecule has 0 bridgehead atoms. The van der Waals surface area contributed by atoms with Gasteiger partial charge in [-0.25, -0.2) is 0 Å². The van der Waals surface area contributed by atoms with Gasteiger partial charge >= 0.3 is 0 Å². The quantitative estimate of drug-likeness (QED) is 0.574. The summed E-state index contributed by atoms with van der Waals surface area (Å²) in [4.78, 5) is 0. The minimum Gasteiger partial charge on any atom is -0.377 e. The Hall–Kier alpha value is -0.240. The van der Waals surface area contributed by atoms with Crippen molar-refractivity contribution in [3.05, 3.63) is 0 Å². The molecule has 1 rings (SSSR count). The van der Waals surface area contributed by atoms with Crippen molar-refractivity contribution in [2.24, 2.45) is 0 Å². The normalized spacial score (nSPS) is 24.0. The lowest BCUT2D eigenvalue weighted by molar-refractivity contribution is -0.172. The molecule has 0 unspecified atom stereocenters. The zero-order valence-electron chi connectivity index (χ0n) is 8.81. The third-order valence-corrected chi connectivity index (χ3v) is 1.62. The molecular weight excluding hydrogens is 204 g/mol. The molecule has 1 aliphatic heterocycles. The van der Waals surface area contributed by atoms with E-state index in [1.54, 1.807) is 0 Å². The van der Waals surface area contributed by atoms with Crippen LogP contribution < -0.4 is 0 Å². The van der Waals surface area contributed by atoms with E-state index in [4.69, 9.17) is 28.4 Å². The van der Waals surface area contributed by atoms with Crippen LogP contribution in [0.4, 0.5) is 0 Å². The second-order valence-electron chi connectivity index (χ2n) is 2.80. The monoisotopic (exact) mass is 222 g/mol. The Morgan fingerprint density at radius 3 is 1.13 bits per heavy atom. The summed E-state index contributed by atoms with van der Waals surface area (Å²) in [7, 11) is 0. The summed E-state index contributed by atoms with van der Waals surface area (Å²) in [6.07, 6.45) is 0. The molecule has 1 saturated heterocycles. The molecule has 0 radical (unpaired) electrons. The van der Waals surface area contributed by atoms with Crippen molar-refractivity contribution in [1.82, 2.24) is 0 Å². The lowest BCUT2D eigenvalue weighted by atomic mass is 10.7. The summed E-state index contributed by atoms with van der Waals surface area (Å²) in [5.74, 6) is 0. The van der Waals surface area contributed by atoms with Crippen LogP contribution >= 0.6 is 0 Å². The van der Waals surface area contributed by atoms with Gasteiger partial charge in [-0.1, -0.05) is 0 Å². The maximum Gasteiger partial charge on any atom is 0.152 e. The lowest BCUT2D eigenvalue weighted by Gasteiger charge is -2.06. The Kier molecular flexibility index (Phi) is 8.79. The molecule has 0 atom stereocenters. The first-order valence-electron chi connectivity index (χ1n) is 4.96. The Morgan fingerprint density at radius 2 is 0.667 bits per heavy atom. The number of ether oxygens (including phenoxy) is 6. The van der Waals surface area contributed by atoms with Gasteiger partial charge in [0.25, 0.3) is 0 Å². The van der Waals surface area contributed by atoms with E-state index < -0.39 is 0 Å². The molecule has 0 N–H and O–H groups in total. The largest absolute Gasteiger partial charge is 0.377 e. The predicted molar refractivity (Wildman–Crippen MR) is 50.3 cm³/mol. The summed E-state index contributed by atoms with van der Waals surface area (Å²) >= 11 is 0. The van der Waals surface area contributed by atoms with Crippen molar-refractivity contribution < 1.29 is 28.4 Å². The summed E-state index contributed by atoms with van der Waals surface area (Å²) in [5, 5.41) is 0. The molecule has 0 aliphatic carbocycles. The van der Waals surface area contributed by atoms with E-state index in [0.29, 0.717) is 39.6 Å². The van der Waals surface area contributed by atoms with Gasteiger partial charge in [-0.2, -0.15) is 0 Å². The molecule has 1 fully saturated rings. The van der Waals surface area contributed by atoms with E-state index in [2.05, 4.69) is 0 Å². The van der Waals surface area contributed by atoms with E-state index in [-0.39, 0.29) is 20.4 Å². The van der Waals surface area contributed by atoms with Gasteiger partial charge in [0.2, 0.25) is 0 Å². The number of hydrogen-bond acceptors (Lipinski definition) is 6. The van der Waals surface area contributed by atoms with Crippen LogP contribution in [-0.4, -0.2) is 60.0 Å². The van der Waals surface area contributed by atoms with Gasteiger partial charge < -0.3 is 28.4 Å². The topological polar surface area (TPSA) is 55.4 Å². The van der Waals surface area contributed by atoms with Gasteiger partial charge in [-0.05, 0) is 0 Å².